The molecule has 1 amide bonds. The number of hydrogen-bond donors (Lipinski definition) is 1. The van der Waals surface area contributed by atoms with Gasteiger partial charge in [-0.3, -0.25) is 9.10 Å². The predicted octanol–water partition coefficient (Wildman–Crippen LogP) is 4.28. The minimum absolute atomic E-state index is 0.124. The van der Waals surface area contributed by atoms with Gasteiger partial charge in [0.1, 0.15) is 17.1 Å². The Morgan fingerprint density at radius 1 is 1.24 bits per heavy atom. The molecule has 0 fully saturated rings. The van der Waals surface area contributed by atoms with Crippen molar-refractivity contribution < 1.29 is 22.7 Å². The highest BCUT2D eigenvalue weighted by atomic mass is 32.2. The summed E-state index contributed by atoms with van der Waals surface area (Å²) in [5, 5.41) is 3.11. The maximum absolute atomic E-state index is 12.8. The topological polar surface area (TPSA) is 84.9 Å². The Hall–Kier alpha value is -2.74. The second-order valence-electron chi connectivity index (χ2n) is 9.25. The lowest BCUT2D eigenvalue weighted by molar-refractivity contribution is -0.122. The zero-order valence-corrected chi connectivity index (χ0v) is 21.1. The molecule has 1 aliphatic rings. The Kier molecular flexibility index (Phi) is 7.26. The lowest BCUT2D eigenvalue weighted by atomic mass is 9.89. The first-order valence-corrected chi connectivity index (χ1v) is 13.0. The van der Waals surface area contributed by atoms with Gasteiger partial charge in [-0.25, -0.2) is 8.42 Å². The first-order valence-electron chi connectivity index (χ1n) is 11.1. The van der Waals surface area contributed by atoms with Crippen molar-refractivity contribution in [3.63, 3.8) is 0 Å². The molecule has 8 heteroatoms. The molecule has 0 aliphatic carbocycles. The van der Waals surface area contributed by atoms with Crippen LogP contribution < -0.4 is 19.1 Å². The van der Waals surface area contributed by atoms with Crippen LogP contribution in [0.4, 0.5) is 5.69 Å². The van der Waals surface area contributed by atoms with Gasteiger partial charge >= 0.3 is 0 Å². The van der Waals surface area contributed by atoms with E-state index in [0.717, 1.165) is 22.4 Å². The quantitative estimate of drug-likeness (QED) is 0.617. The number of amides is 1. The smallest absolute Gasteiger partial charge is 0.232 e. The summed E-state index contributed by atoms with van der Waals surface area (Å²) < 4.78 is 37.7. The maximum Gasteiger partial charge on any atom is 0.232 e. The highest BCUT2D eigenvalue weighted by molar-refractivity contribution is 7.92. The zero-order valence-electron chi connectivity index (χ0n) is 20.3. The van der Waals surface area contributed by atoms with Crippen LogP contribution in [-0.4, -0.2) is 39.8 Å². The molecule has 0 saturated heterocycles. The average Bonchev–Trinajstić information content (AvgIpc) is 2.72. The number of sulfonamides is 1. The molecule has 0 saturated carbocycles. The van der Waals surface area contributed by atoms with E-state index in [4.69, 9.17) is 9.47 Å². The number of benzene rings is 2. The number of carbonyl (C=O) groups excluding carboxylic acids is 1. The lowest BCUT2D eigenvalue weighted by Gasteiger charge is -2.38. The van der Waals surface area contributed by atoms with Crippen LogP contribution in [0.3, 0.4) is 0 Å². The zero-order chi connectivity index (χ0) is 24.4. The molecule has 1 aliphatic heterocycles. The van der Waals surface area contributed by atoms with Crippen molar-refractivity contribution in [3.05, 3.63) is 53.1 Å². The number of ether oxygens (including phenoxy) is 2. The van der Waals surface area contributed by atoms with Crippen LogP contribution in [0, 0.1) is 13.8 Å². The fourth-order valence-electron chi connectivity index (χ4n) is 4.21. The Balaban J connectivity index is 1.69. The van der Waals surface area contributed by atoms with Crippen LogP contribution in [0.15, 0.2) is 36.4 Å². The molecule has 3 rings (SSSR count). The molecule has 1 heterocycles. The van der Waals surface area contributed by atoms with Gasteiger partial charge in [0.2, 0.25) is 15.9 Å². The maximum atomic E-state index is 12.8. The van der Waals surface area contributed by atoms with Crippen LogP contribution >= 0.6 is 0 Å². The molecule has 0 bridgehead atoms. The van der Waals surface area contributed by atoms with E-state index < -0.39 is 15.6 Å². The van der Waals surface area contributed by atoms with Crippen LogP contribution in [-0.2, 0) is 14.8 Å². The molecule has 0 spiro atoms. The van der Waals surface area contributed by atoms with Crippen molar-refractivity contribution in [2.75, 3.05) is 24.2 Å². The molecule has 1 atom stereocenters. The van der Waals surface area contributed by atoms with Crippen molar-refractivity contribution in [1.82, 2.24) is 5.32 Å². The fraction of sp³-hybridized carbons (Fsp3) is 0.480. The molecule has 33 heavy (non-hydrogen) atoms. The molecule has 0 unspecified atom stereocenters. The number of carbonyl (C=O) groups is 1. The largest absolute Gasteiger partial charge is 0.497 e. The van der Waals surface area contributed by atoms with Crippen LogP contribution in [0.2, 0.25) is 0 Å². The molecule has 180 valence electrons. The molecule has 2 aromatic carbocycles. The summed E-state index contributed by atoms with van der Waals surface area (Å²) in [5.41, 5.74) is 3.06. The standard InChI is InChI=1S/C25H34N2O5S/c1-17-9-7-10-22(18(17)2)27(33(6,29)30)14-8-11-24(28)26-21-16-25(3,4)32-23-13-12-19(31-5)15-20(21)23/h7,9-10,12-13,15,21H,8,11,14,16H2,1-6H3,(H,26,28)/t21-/m0/s1. The van der Waals surface area contributed by atoms with Crippen molar-refractivity contribution in [1.29, 1.82) is 0 Å². The number of hydrogen-bond acceptors (Lipinski definition) is 5. The Morgan fingerprint density at radius 3 is 2.64 bits per heavy atom. The monoisotopic (exact) mass is 474 g/mol. The first-order chi connectivity index (χ1) is 15.4. The van der Waals surface area contributed by atoms with Gasteiger partial charge in [0.25, 0.3) is 0 Å². The highest BCUT2D eigenvalue weighted by Crippen LogP contribution is 2.41. The summed E-state index contributed by atoms with van der Waals surface area (Å²) in [4.78, 5) is 12.8. The molecule has 2 aromatic rings. The number of fused-ring (bicyclic) bond motifs is 1. The Bertz CT molecular complexity index is 1130. The molecular formula is C25H34N2O5S. The minimum atomic E-state index is -3.47. The van der Waals surface area contributed by atoms with Crippen LogP contribution in [0.5, 0.6) is 11.5 Å². The van der Waals surface area contributed by atoms with Gasteiger partial charge in [-0.15, -0.1) is 0 Å². The molecule has 0 aromatic heterocycles. The van der Waals surface area contributed by atoms with E-state index in [1.54, 1.807) is 13.2 Å². The predicted molar refractivity (Wildman–Crippen MR) is 131 cm³/mol. The van der Waals surface area contributed by atoms with E-state index in [-0.39, 0.29) is 24.9 Å². The fourth-order valence-corrected chi connectivity index (χ4v) is 5.22. The normalized spacial score (nSPS) is 17.0. The average molecular weight is 475 g/mol. The third-order valence-electron chi connectivity index (χ3n) is 6.02. The van der Waals surface area contributed by atoms with Gasteiger partial charge in [0, 0.05) is 24.9 Å². The Morgan fingerprint density at radius 2 is 1.97 bits per heavy atom. The van der Waals surface area contributed by atoms with Crippen LogP contribution in [0.1, 0.15) is 55.8 Å². The van der Waals surface area contributed by atoms with Gasteiger partial charge in [-0.2, -0.15) is 0 Å². The first kappa shape index (κ1) is 24.9. The summed E-state index contributed by atoms with van der Waals surface area (Å²) in [6.07, 6.45) is 2.44. The van der Waals surface area contributed by atoms with E-state index in [0.29, 0.717) is 24.3 Å². The number of nitrogens with zero attached hydrogens (tertiary/aromatic N) is 1. The minimum Gasteiger partial charge on any atom is -0.497 e. The number of anilines is 1. The number of nitrogens with one attached hydrogen (secondary N) is 1. The molecule has 1 N–H and O–H groups in total. The van der Waals surface area contributed by atoms with Crippen molar-refractivity contribution in [3.8, 4) is 11.5 Å². The van der Waals surface area contributed by atoms with E-state index in [1.165, 1.54) is 10.6 Å². The van der Waals surface area contributed by atoms with E-state index in [9.17, 15) is 13.2 Å². The third-order valence-corrected chi connectivity index (χ3v) is 7.20. The molecule has 7 nitrogen and oxygen atoms in total. The summed E-state index contributed by atoms with van der Waals surface area (Å²) in [5.74, 6) is 1.31. The summed E-state index contributed by atoms with van der Waals surface area (Å²) in [6.45, 7) is 8.09. The van der Waals surface area contributed by atoms with Gasteiger partial charge in [0.05, 0.1) is 25.1 Å². The van der Waals surface area contributed by atoms with Crippen LogP contribution in [0.25, 0.3) is 0 Å². The van der Waals surface area contributed by atoms with Crippen molar-refractivity contribution >= 4 is 21.6 Å². The highest BCUT2D eigenvalue weighted by Gasteiger charge is 2.34. The molecule has 0 radical (unpaired) electrons. The van der Waals surface area contributed by atoms with Gasteiger partial charge in [0.15, 0.2) is 0 Å². The van der Waals surface area contributed by atoms with E-state index in [2.05, 4.69) is 5.32 Å². The SMILES string of the molecule is COc1ccc2c(c1)[C@@H](NC(=O)CCCN(c1cccc(C)c1C)S(C)(=O)=O)CC(C)(C)O2. The second-order valence-corrected chi connectivity index (χ2v) is 11.2. The summed E-state index contributed by atoms with van der Waals surface area (Å²) in [7, 11) is -1.87. The second kappa shape index (κ2) is 9.63. The summed E-state index contributed by atoms with van der Waals surface area (Å²) >= 11 is 0. The van der Waals surface area contributed by atoms with Crippen molar-refractivity contribution in [2.24, 2.45) is 0 Å². The van der Waals surface area contributed by atoms with E-state index >= 15 is 0 Å². The van der Waals surface area contributed by atoms with Gasteiger partial charge in [-0.05, 0) is 69.5 Å². The lowest BCUT2D eigenvalue weighted by Crippen LogP contribution is -2.41. The van der Waals surface area contributed by atoms with Gasteiger partial charge in [-0.1, -0.05) is 12.1 Å². The van der Waals surface area contributed by atoms with Gasteiger partial charge < -0.3 is 14.8 Å². The Labute approximate surface area is 197 Å². The third kappa shape index (κ3) is 5.99. The number of aryl methyl sites for hydroxylation is 1. The number of methoxy groups -OCH3 is 1. The molecular weight excluding hydrogens is 440 g/mol. The van der Waals surface area contributed by atoms with Crippen molar-refractivity contribution in [2.45, 2.75) is 58.6 Å². The number of rotatable bonds is 8. The summed E-state index contributed by atoms with van der Waals surface area (Å²) in [6, 6.07) is 11.0. The van der Waals surface area contributed by atoms with E-state index in [1.807, 2.05) is 58.0 Å².